The lowest BCUT2D eigenvalue weighted by Gasteiger charge is -2.47. The number of hydrogen-bond acceptors (Lipinski definition) is 2. The van der Waals surface area contributed by atoms with Crippen molar-refractivity contribution in [2.45, 2.75) is 131 Å². The van der Waals surface area contributed by atoms with Gasteiger partial charge in [0.05, 0.1) is 22.4 Å². The summed E-state index contributed by atoms with van der Waals surface area (Å²) in [6.07, 6.45) is 0. The number of benzene rings is 19. The lowest BCUT2D eigenvalue weighted by atomic mass is 9.33. The molecule has 0 unspecified atom stereocenters. The van der Waals surface area contributed by atoms with Gasteiger partial charge < -0.3 is 14.4 Å². The highest BCUT2D eigenvalue weighted by atomic mass is 15.2. The molecule has 20 aromatic rings. The third-order valence-electron chi connectivity index (χ3n) is 27.8. The van der Waals surface area contributed by atoms with Crippen LogP contribution in [0, 0.1) is 0 Å². The zero-order valence-electron chi connectivity index (χ0n) is 76.1. The molecule has 0 amide bonds. The Hall–Kier alpha value is -14.1. The Morgan fingerprint density at radius 1 is 0.203 bits per heavy atom. The molecule has 0 radical (unpaired) electrons. The van der Waals surface area contributed by atoms with Gasteiger partial charge in [0, 0.05) is 61.5 Å². The van der Waals surface area contributed by atoms with Gasteiger partial charge in [-0.2, -0.15) is 0 Å². The van der Waals surface area contributed by atoms with E-state index in [1.165, 1.54) is 132 Å². The van der Waals surface area contributed by atoms with E-state index in [4.69, 9.17) is 0 Å². The molecule has 0 saturated carbocycles. The van der Waals surface area contributed by atoms with E-state index in [1.54, 1.807) is 0 Å². The highest BCUT2D eigenvalue weighted by molar-refractivity contribution is 7.00. The normalized spacial score (nSPS) is 13.1. The summed E-state index contributed by atoms with van der Waals surface area (Å²) in [5, 5.41) is 10.3. The van der Waals surface area contributed by atoms with E-state index >= 15 is 0 Å². The van der Waals surface area contributed by atoms with Gasteiger partial charge in [-0.15, -0.1) is 0 Å². The van der Waals surface area contributed by atoms with Crippen LogP contribution in [-0.4, -0.2) is 11.3 Å². The molecule has 0 atom stereocenters. The number of nitrogens with zero attached hydrogens (tertiary/aromatic N) is 3. The van der Waals surface area contributed by atoms with E-state index in [0.29, 0.717) is 0 Å². The van der Waals surface area contributed by atoms with Crippen LogP contribution < -0.4 is 26.2 Å². The third-order valence-corrected chi connectivity index (χ3v) is 27.8. The van der Waals surface area contributed by atoms with Crippen molar-refractivity contribution in [2.24, 2.45) is 0 Å². The van der Waals surface area contributed by atoms with E-state index in [9.17, 15) is 0 Å². The Labute approximate surface area is 755 Å². The van der Waals surface area contributed by atoms with Crippen molar-refractivity contribution in [1.82, 2.24) is 4.57 Å². The Bertz CT molecular complexity index is 7460. The molecule has 0 aliphatic carbocycles. The van der Waals surface area contributed by atoms with Crippen molar-refractivity contribution in [3.8, 4) is 106 Å². The summed E-state index contributed by atoms with van der Waals surface area (Å²) in [6.45, 7) is 35.5. The van der Waals surface area contributed by atoms with Gasteiger partial charge in [0.25, 0.3) is 6.71 Å². The summed E-state index contributed by atoms with van der Waals surface area (Å²) in [5.74, 6) is 0. The molecule has 3 heterocycles. The van der Waals surface area contributed by atoms with Gasteiger partial charge >= 0.3 is 0 Å². The van der Waals surface area contributed by atoms with Crippen LogP contribution >= 0.6 is 0 Å². The molecule has 128 heavy (non-hydrogen) atoms. The number of rotatable bonds is 12. The van der Waals surface area contributed by atoms with Crippen LogP contribution in [-0.2, 0) is 27.1 Å². The summed E-state index contributed by atoms with van der Waals surface area (Å²) in [4.78, 5) is 5.59. The Kier molecular flexibility index (Phi) is 18.6. The predicted molar refractivity (Wildman–Crippen MR) is 552 cm³/mol. The Morgan fingerprint density at radius 2 is 0.531 bits per heavy atom. The number of fused-ring (bicyclic) bond motifs is 5. The number of anilines is 6. The van der Waals surface area contributed by atoms with Crippen LogP contribution in [0.4, 0.5) is 34.1 Å². The molecule has 1 aromatic heterocycles. The molecule has 0 spiro atoms. The average molecular weight is 1650 g/mol. The summed E-state index contributed by atoms with van der Waals surface area (Å²) < 4.78 is 2.62. The fourth-order valence-electron chi connectivity index (χ4n) is 20.8. The summed E-state index contributed by atoms with van der Waals surface area (Å²) in [7, 11) is 0. The minimum Gasteiger partial charge on any atom is -0.310 e. The topological polar surface area (TPSA) is 11.4 Å². The molecule has 0 fully saturated rings. The van der Waals surface area contributed by atoms with Crippen LogP contribution in [0.25, 0.3) is 160 Å². The molecule has 2 aliphatic heterocycles. The zero-order chi connectivity index (χ0) is 87.8. The van der Waals surface area contributed by atoms with Crippen molar-refractivity contribution in [1.29, 1.82) is 0 Å². The first-order valence-corrected chi connectivity index (χ1v) is 45.8. The van der Waals surface area contributed by atoms with Crippen LogP contribution in [0.1, 0.15) is 132 Å². The molecule has 620 valence electrons. The van der Waals surface area contributed by atoms with Crippen LogP contribution in [0.3, 0.4) is 0 Å². The van der Waals surface area contributed by atoms with E-state index in [0.717, 1.165) is 107 Å². The Balaban J connectivity index is 0.934. The van der Waals surface area contributed by atoms with Gasteiger partial charge in [-0.1, -0.05) is 383 Å². The maximum absolute atomic E-state index is 2.81. The molecule has 0 N–H and O–H groups in total. The van der Waals surface area contributed by atoms with Crippen molar-refractivity contribution in [2.75, 3.05) is 9.80 Å². The fraction of sp³-hybridized carbons (Fsp3) is 0.161. The maximum Gasteiger partial charge on any atom is 0.252 e. The van der Waals surface area contributed by atoms with E-state index in [2.05, 4.69) is 488 Å². The molecular formula is C124H106BN3. The van der Waals surface area contributed by atoms with Gasteiger partial charge in [-0.25, -0.2) is 0 Å². The largest absolute Gasteiger partial charge is 0.310 e. The second-order valence-electron chi connectivity index (χ2n) is 41.3. The molecule has 19 aromatic carbocycles. The quantitative estimate of drug-likeness (QED) is 0.0686. The van der Waals surface area contributed by atoms with Crippen molar-refractivity contribution >= 4 is 111 Å². The predicted octanol–water partition coefficient (Wildman–Crippen LogP) is 32.7. The third kappa shape index (κ3) is 13.5. The molecule has 22 rings (SSSR count). The van der Waals surface area contributed by atoms with Crippen LogP contribution in [0.15, 0.2) is 370 Å². The average Bonchev–Trinajstić information content (AvgIpc) is 1.69. The van der Waals surface area contributed by atoms with E-state index in [1.807, 2.05) is 0 Å². The number of hydrogen-bond donors (Lipinski definition) is 0. The summed E-state index contributed by atoms with van der Waals surface area (Å²) in [5.41, 5.74) is 39.9. The van der Waals surface area contributed by atoms with E-state index in [-0.39, 0.29) is 28.4 Å². The second kappa shape index (κ2) is 29.8. The second-order valence-corrected chi connectivity index (χ2v) is 41.3. The van der Waals surface area contributed by atoms with E-state index < -0.39 is 5.41 Å². The molecule has 4 heteroatoms. The van der Waals surface area contributed by atoms with Crippen LogP contribution in [0.2, 0.25) is 0 Å². The molecular weight excluding hydrogens is 1540 g/mol. The van der Waals surface area contributed by atoms with Gasteiger partial charge in [-0.05, 0) is 272 Å². The zero-order valence-corrected chi connectivity index (χ0v) is 76.1. The van der Waals surface area contributed by atoms with Gasteiger partial charge in [0.1, 0.15) is 0 Å². The van der Waals surface area contributed by atoms with Crippen LogP contribution in [0.5, 0.6) is 0 Å². The highest BCUT2D eigenvalue weighted by Gasteiger charge is 2.47. The minimum absolute atomic E-state index is 0.141. The standard InChI is InChI=1S/C124H106BN3/c1-120(2,3)93-66-92(67-94(69-93)121(4,5)6)87-56-59-107-106(68-87)125-105-58-57-98(126-108-60-54-81-42-32-52-99-100-53-33-43-82-55-61-109(126)116(114(82)100)115(108)113(81)99)76-110(105)128(119-103(90-50-30-46-85(64-90)79-38-24-18-25-39-79)72-96(123(10,11)12)73-104(119)91-51-31-47-86(65-91)80-40-26-19-27-41-80)112-75-97(124(13,14)15)74-111(117(112)125)127(107)118-101(88-48-28-44-83(62-88)77-34-20-16-21-35-77)70-95(122(7,8)9)71-102(118)89-49-29-45-84(63-89)78-36-22-17-23-37-78/h16-76H,1-15H3. The first-order chi connectivity index (χ1) is 61.6. The summed E-state index contributed by atoms with van der Waals surface area (Å²) >= 11 is 0. The molecule has 2 aliphatic rings. The van der Waals surface area contributed by atoms with Gasteiger partial charge in [0.2, 0.25) is 0 Å². The highest BCUT2D eigenvalue weighted by Crippen LogP contribution is 2.58. The number of aromatic nitrogens is 1. The van der Waals surface area contributed by atoms with Crippen molar-refractivity contribution in [3.05, 3.63) is 398 Å². The SMILES string of the molecule is CC(C)(C)c1cc(-c2ccc3c(c2)B2c4ccc(-n5c6ccc7cccc8c9cccc%10ccc5c(c%109)c6c78)cc4N(c4c(-c5cccc(-c6ccccc6)c5)cc(C(C)(C)C)cc4-c4cccc(-c5ccccc5)c4)c4cc(C(C)(C)C)cc(c42)N3c2c(-c3cccc(-c4ccccc4)c3)cc(C(C)(C)C)cc2-c2cccc(-c3ccccc3)c2)cc(C(C)(C)C)c1. The lowest BCUT2D eigenvalue weighted by Crippen LogP contribution is -2.61. The molecule has 0 bridgehead atoms. The van der Waals surface area contributed by atoms with Gasteiger partial charge in [0.15, 0.2) is 0 Å². The van der Waals surface area contributed by atoms with Crippen molar-refractivity contribution < 1.29 is 0 Å². The fourth-order valence-corrected chi connectivity index (χ4v) is 20.8. The monoisotopic (exact) mass is 1650 g/mol. The first kappa shape index (κ1) is 79.8. The summed E-state index contributed by atoms with van der Waals surface area (Å²) in [6, 6.07) is 143. The van der Waals surface area contributed by atoms with Crippen molar-refractivity contribution in [3.63, 3.8) is 0 Å². The minimum atomic E-state index is -0.405. The Morgan fingerprint density at radius 3 is 0.906 bits per heavy atom. The lowest BCUT2D eigenvalue weighted by molar-refractivity contribution is 0.569. The maximum atomic E-state index is 2.81. The molecule has 0 saturated heterocycles. The van der Waals surface area contributed by atoms with Gasteiger partial charge in [-0.3, -0.25) is 0 Å². The molecule has 3 nitrogen and oxygen atoms in total. The smallest absolute Gasteiger partial charge is 0.252 e. The first-order valence-electron chi connectivity index (χ1n) is 45.8.